The highest BCUT2D eigenvalue weighted by molar-refractivity contribution is 5.70. The Kier molecular flexibility index (Phi) is 59.7. The van der Waals surface area contributed by atoms with Crippen molar-refractivity contribution in [2.24, 2.45) is 0 Å². The number of esters is 2. The van der Waals surface area contributed by atoms with E-state index in [2.05, 4.69) is 74.6 Å². The maximum absolute atomic E-state index is 12.9. The molecule has 0 aromatic rings. The van der Waals surface area contributed by atoms with E-state index in [4.69, 9.17) is 18.9 Å². The Labute approximate surface area is 495 Å². The predicted molar refractivity (Wildman–Crippen MR) is 338 cm³/mol. The van der Waals surface area contributed by atoms with Crippen LogP contribution in [0, 0.1) is 0 Å². The van der Waals surface area contributed by atoms with Crippen molar-refractivity contribution in [1.29, 1.82) is 0 Å². The van der Waals surface area contributed by atoms with Crippen LogP contribution in [0.4, 0.5) is 0 Å². The number of carbonyl (C=O) groups is 3. The van der Waals surface area contributed by atoms with Gasteiger partial charge in [0, 0.05) is 12.8 Å². The first-order valence-electron chi connectivity index (χ1n) is 33.9. The van der Waals surface area contributed by atoms with Crippen molar-refractivity contribution in [1.82, 2.24) is 0 Å². The molecule has 2 atom stereocenters. The van der Waals surface area contributed by atoms with Crippen molar-refractivity contribution in [2.45, 2.75) is 328 Å². The number of carboxylic acids is 1. The van der Waals surface area contributed by atoms with Crippen LogP contribution >= 0.6 is 0 Å². The molecular formula is C71H129NO8. The van der Waals surface area contributed by atoms with E-state index >= 15 is 0 Å². The average molecular weight is 1120 g/mol. The highest BCUT2D eigenvalue weighted by Gasteiger charge is 2.22. The Morgan fingerprint density at radius 2 is 0.688 bits per heavy atom. The molecule has 0 aliphatic carbocycles. The lowest BCUT2D eigenvalue weighted by Gasteiger charge is -2.26. The number of ether oxygens (including phenoxy) is 4. The second-order valence-electron chi connectivity index (χ2n) is 24.1. The van der Waals surface area contributed by atoms with E-state index in [-0.39, 0.29) is 38.6 Å². The maximum Gasteiger partial charge on any atom is 0.306 e. The van der Waals surface area contributed by atoms with Gasteiger partial charge in [0.25, 0.3) is 0 Å². The highest BCUT2D eigenvalue weighted by Crippen LogP contribution is 2.18. The smallest absolute Gasteiger partial charge is 0.306 e. The van der Waals surface area contributed by atoms with Crippen molar-refractivity contribution in [3.63, 3.8) is 0 Å². The minimum absolute atomic E-state index is 0.146. The number of unbranched alkanes of at least 4 members (excludes halogenated alkanes) is 38. The molecule has 466 valence electrons. The first-order chi connectivity index (χ1) is 39.1. The fourth-order valence-corrected chi connectivity index (χ4v) is 9.74. The third-order valence-corrected chi connectivity index (χ3v) is 15.0. The Balaban J connectivity index is 3.92. The van der Waals surface area contributed by atoms with Crippen LogP contribution in [0.3, 0.4) is 0 Å². The fraction of sp³-hybridized carbons (Fsp3) is 0.817. The van der Waals surface area contributed by atoms with E-state index in [0.717, 1.165) is 77.0 Å². The van der Waals surface area contributed by atoms with Gasteiger partial charge in [0.15, 0.2) is 12.4 Å². The average Bonchev–Trinajstić information content (AvgIpc) is 3.43. The Morgan fingerprint density at radius 3 is 1.04 bits per heavy atom. The van der Waals surface area contributed by atoms with Crippen molar-refractivity contribution in [3.05, 3.63) is 60.8 Å². The van der Waals surface area contributed by atoms with Crippen LogP contribution in [0.25, 0.3) is 0 Å². The summed E-state index contributed by atoms with van der Waals surface area (Å²) >= 11 is 0. The highest BCUT2D eigenvalue weighted by atomic mass is 16.7. The number of nitrogens with zero attached hydrogens (tertiary/aromatic N) is 1. The van der Waals surface area contributed by atoms with Gasteiger partial charge in [-0.2, -0.15) is 0 Å². The summed E-state index contributed by atoms with van der Waals surface area (Å²) in [5, 5.41) is 11.8. The largest absolute Gasteiger partial charge is 0.545 e. The van der Waals surface area contributed by atoms with Crippen LogP contribution in [0.15, 0.2) is 60.8 Å². The molecule has 0 fully saturated rings. The van der Waals surface area contributed by atoms with E-state index in [1.165, 1.54) is 205 Å². The van der Waals surface area contributed by atoms with E-state index in [1.807, 2.05) is 21.1 Å². The van der Waals surface area contributed by atoms with E-state index in [1.54, 1.807) is 0 Å². The van der Waals surface area contributed by atoms with Crippen LogP contribution in [0.5, 0.6) is 0 Å². The van der Waals surface area contributed by atoms with Gasteiger partial charge in [-0.25, -0.2) is 0 Å². The number of rotatable bonds is 63. The normalized spacial score (nSPS) is 13.1. The molecule has 0 spiro atoms. The summed E-state index contributed by atoms with van der Waals surface area (Å²) in [6, 6.07) is 0. The lowest BCUT2D eigenvalue weighted by Crippen LogP contribution is -2.44. The number of quaternary nitrogens is 1. The lowest BCUT2D eigenvalue weighted by atomic mass is 10.0. The molecule has 9 nitrogen and oxygen atoms in total. The SMILES string of the molecule is CCCC/C=C\C/C=C\CCCCCCCC(=O)OCC(COC(OCC[N+](C)(C)C)C(=O)[O-])OC(=O)CCCCCCCCCCCCCCCCCCCCCCCCCCCC/C=C\C/C=C\C/C=C\CCCCCCC. The number of carboxylic acid groups (broad SMARTS) is 1. The quantitative estimate of drug-likeness (QED) is 0.0195. The van der Waals surface area contributed by atoms with E-state index in [0.29, 0.717) is 17.4 Å². The Morgan fingerprint density at radius 1 is 0.375 bits per heavy atom. The Hall–Kier alpha value is -3.01. The van der Waals surface area contributed by atoms with Crippen molar-refractivity contribution in [2.75, 3.05) is 47.5 Å². The first-order valence-corrected chi connectivity index (χ1v) is 33.9. The van der Waals surface area contributed by atoms with Crippen LogP contribution in [-0.4, -0.2) is 82.3 Å². The molecule has 0 radical (unpaired) electrons. The van der Waals surface area contributed by atoms with Gasteiger partial charge in [-0.05, 0) is 77.0 Å². The molecule has 0 heterocycles. The molecule has 2 unspecified atom stereocenters. The molecule has 0 aromatic carbocycles. The van der Waals surface area contributed by atoms with Crippen LogP contribution in [0.2, 0.25) is 0 Å². The minimum atomic E-state index is -1.62. The summed E-state index contributed by atoms with van der Waals surface area (Å²) in [5.41, 5.74) is 0. The zero-order valence-electron chi connectivity index (χ0n) is 53.2. The van der Waals surface area contributed by atoms with E-state index < -0.39 is 24.3 Å². The minimum Gasteiger partial charge on any atom is -0.545 e. The fourth-order valence-electron chi connectivity index (χ4n) is 9.74. The Bertz CT molecular complexity index is 1500. The molecule has 0 bridgehead atoms. The standard InChI is InChI=1S/C71H129NO8/c1-6-8-10-12-14-16-18-20-22-23-24-25-26-27-28-29-30-31-32-33-34-35-36-37-38-39-40-41-42-43-44-45-46-47-48-50-52-54-56-58-60-62-69(74)80-67(66-79-71(70(75)76)77-64-63-72(3,4)5)65-78-68(73)61-59-57-55-53-51-49-21-19-17-15-13-11-9-7-2/h13,15,18-21,23-24,26-27,67,71H,6-12,14,16-17,22,25,28-66H2,1-5H3/b15-13-,20-18-,21-19-,24-23-,27-26-. The molecule has 0 saturated carbocycles. The molecule has 0 aliphatic heterocycles. The zero-order valence-corrected chi connectivity index (χ0v) is 53.2. The van der Waals surface area contributed by atoms with Gasteiger partial charge >= 0.3 is 11.9 Å². The number of hydrogen-bond acceptors (Lipinski definition) is 8. The zero-order chi connectivity index (χ0) is 58.3. The van der Waals surface area contributed by atoms with Crippen LogP contribution in [0.1, 0.15) is 316 Å². The molecule has 0 N–H and O–H groups in total. The lowest BCUT2D eigenvalue weighted by molar-refractivity contribution is -0.870. The second-order valence-corrected chi connectivity index (χ2v) is 24.1. The second kappa shape index (κ2) is 62.0. The molecule has 80 heavy (non-hydrogen) atoms. The number of likely N-dealkylation sites (N-methyl/N-ethyl adjacent to an activating group) is 1. The van der Waals surface area contributed by atoms with Gasteiger partial charge in [0.05, 0.1) is 40.3 Å². The number of carbonyl (C=O) groups excluding carboxylic acids is 3. The van der Waals surface area contributed by atoms with Crippen molar-refractivity contribution < 1.29 is 42.9 Å². The summed E-state index contributed by atoms with van der Waals surface area (Å²) in [4.78, 5) is 37.3. The van der Waals surface area contributed by atoms with Gasteiger partial charge in [0.2, 0.25) is 0 Å². The molecule has 0 aliphatic rings. The monoisotopic (exact) mass is 1120 g/mol. The molecule has 0 rings (SSSR count). The van der Waals surface area contributed by atoms with Crippen LogP contribution in [-0.2, 0) is 33.3 Å². The summed E-state index contributed by atoms with van der Waals surface area (Å²) in [6.07, 6.45) is 77.6. The molecule has 0 amide bonds. The summed E-state index contributed by atoms with van der Waals surface area (Å²) in [7, 11) is 5.92. The summed E-state index contributed by atoms with van der Waals surface area (Å²) in [5.74, 6) is -2.29. The summed E-state index contributed by atoms with van der Waals surface area (Å²) < 4.78 is 22.7. The molecular weight excluding hydrogens is 995 g/mol. The van der Waals surface area contributed by atoms with Gasteiger partial charge in [0.1, 0.15) is 13.2 Å². The number of hydrogen-bond donors (Lipinski definition) is 0. The first kappa shape index (κ1) is 77.0. The molecule has 0 aromatic heterocycles. The van der Waals surface area contributed by atoms with Gasteiger partial charge < -0.3 is 33.3 Å². The van der Waals surface area contributed by atoms with Crippen molar-refractivity contribution >= 4 is 17.9 Å². The topological polar surface area (TPSA) is 111 Å². The molecule has 9 heteroatoms. The van der Waals surface area contributed by atoms with Crippen LogP contribution < -0.4 is 5.11 Å². The van der Waals surface area contributed by atoms with Gasteiger partial charge in [-0.15, -0.1) is 0 Å². The van der Waals surface area contributed by atoms with Crippen molar-refractivity contribution in [3.8, 4) is 0 Å². The van der Waals surface area contributed by atoms with Gasteiger partial charge in [-0.3, -0.25) is 9.59 Å². The maximum atomic E-state index is 12.9. The van der Waals surface area contributed by atoms with Gasteiger partial charge in [-0.1, -0.05) is 286 Å². The number of aliphatic carboxylic acids is 1. The number of allylic oxidation sites excluding steroid dienone is 10. The predicted octanol–water partition coefficient (Wildman–Crippen LogP) is 19.4. The van der Waals surface area contributed by atoms with E-state index in [9.17, 15) is 19.5 Å². The third-order valence-electron chi connectivity index (χ3n) is 15.0. The molecule has 0 saturated heterocycles. The summed E-state index contributed by atoms with van der Waals surface area (Å²) in [6.45, 7) is 4.71. The third kappa shape index (κ3) is 62.6.